The van der Waals surface area contributed by atoms with Crippen LogP contribution in [0.5, 0.6) is 0 Å². The lowest BCUT2D eigenvalue weighted by molar-refractivity contribution is -0.205. The summed E-state index contributed by atoms with van der Waals surface area (Å²) < 4.78 is 30.5. The molecule has 0 amide bonds. The standard InChI is InChI=1S/C27H34N7O8P/c1-17-31-10-11-34(17)43(38,39)41-16-23-22(35)14-24(42-23)33-15-19(25(28)32-27(33)37)5-4-12-40-26(36)21(30-3)13-18-6-8-20(29-2)9-7-18/h6-11,15,21-24,29-30,35H,12-14,16H2,1-3H3,(H,38,39)(H2,28,32,37)/p-1/t21?,22?,23-,24-/m1/s1. The van der Waals surface area contributed by atoms with Crippen LogP contribution in [0.25, 0.3) is 0 Å². The van der Waals surface area contributed by atoms with Gasteiger partial charge in [0, 0.05) is 37.7 Å². The first-order valence-corrected chi connectivity index (χ1v) is 14.8. The molecule has 0 bridgehead atoms. The van der Waals surface area contributed by atoms with Crippen molar-refractivity contribution >= 4 is 25.2 Å². The molecule has 3 heterocycles. The zero-order chi connectivity index (χ0) is 31.1. The molecule has 1 aliphatic rings. The van der Waals surface area contributed by atoms with Crippen LogP contribution in [0.4, 0.5) is 11.5 Å². The number of hydrogen-bond donors (Lipinski definition) is 4. The van der Waals surface area contributed by atoms with Crippen molar-refractivity contribution in [2.75, 3.05) is 38.4 Å². The van der Waals surface area contributed by atoms with Crippen LogP contribution in [-0.4, -0.2) is 75.5 Å². The smallest absolute Gasteiger partial charge is 0.351 e. The fourth-order valence-corrected chi connectivity index (χ4v) is 5.45. The zero-order valence-electron chi connectivity index (χ0n) is 23.8. The van der Waals surface area contributed by atoms with Crippen molar-refractivity contribution in [2.45, 2.75) is 44.2 Å². The van der Waals surface area contributed by atoms with E-state index in [2.05, 4.69) is 32.4 Å². The Morgan fingerprint density at radius 2 is 2.09 bits per heavy atom. The molecule has 4 rings (SSSR count). The molecule has 5 atom stereocenters. The van der Waals surface area contributed by atoms with Gasteiger partial charge >= 0.3 is 11.7 Å². The second kappa shape index (κ2) is 14.0. The predicted octanol–water partition coefficient (Wildman–Crippen LogP) is -0.221. The molecule has 2 aromatic heterocycles. The van der Waals surface area contributed by atoms with Gasteiger partial charge in [-0.1, -0.05) is 24.0 Å². The molecule has 1 aliphatic heterocycles. The van der Waals surface area contributed by atoms with Crippen LogP contribution in [0.3, 0.4) is 0 Å². The molecule has 43 heavy (non-hydrogen) atoms. The minimum absolute atomic E-state index is 0.0413. The van der Waals surface area contributed by atoms with Gasteiger partial charge in [0.05, 0.1) is 18.3 Å². The van der Waals surface area contributed by atoms with Crippen molar-refractivity contribution in [3.8, 4) is 11.8 Å². The molecular weight excluding hydrogens is 581 g/mol. The number of benzene rings is 1. The summed E-state index contributed by atoms with van der Waals surface area (Å²) in [5, 5.41) is 16.4. The summed E-state index contributed by atoms with van der Waals surface area (Å²) in [6.45, 7) is 0.777. The number of esters is 1. The van der Waals surface area contributed by atoms with E-state index in [-0.39, 0.29) is 30.2 Å². The Balaban J connectivity index is 1.36. The fourth-order valence-electron chi connectivity index (χ4n) is 4.37. The number of nitrogen functional groups attached to an aromatic ring is 1. The summed E-state index contributed by atoms with van der Waals surface area (Å²) in [5.74, 6) is 5.01. The van der Waals surface area contributed by atoms with Gasteiger partial charge in [0.2, 0.25) is 7.75 Å². The average Bonchev–Trinajstić information content (AvgIpc) is 3.59. The predicted molar refractivity (Wildman–Crippen MR) is 154 cm³/mol. The highest BCUT2D eigenvalue weighted by atomic mass is 31.2. The van der Waals surface area contributed by atoms with Crippen molar-refractivity contribution in [3.63, 3.8) is 0 Å². The van der Waals surface area contributed by atoms with Crippen molar-refractivity contribution in [2.24, 2.45) is 0 Å². The van der Waals surface area contributed by atoms with Gasteiger partial charge in [0.15, 0.2) is 6.61 Å². The topological polar surface area (TPSA) is 208 Å². The molecule has 1 fully saturated rings. The number of likely N-dealkylation sites (N-methyl/N-ethyl adjacent to an activating group) is 1. The van der Waals surface area contributed by atoms with Crippen LogP contribution in [0.2, 0.25) is 0 Å². The van der Waals surface area contributed by atoms with Gasteiger partial charge in [-0.15, -0.1) is 0 Å². The highest BCUT2D eigenvalue weighted by Crippen LogP contribution is 2.41. The molecule has 1 saturated heterocycles. The van der Waals surface area contributed by atoms with Crippen molar-refractivity contribution in [1.29, 1.82) is 0 Å². The number of carbonyl (C=O) groups excluding carboxylic acids is 1. The summed E-state index contributed by atoms with van der Waals surface area (Å²) in [4.78, 5) is 45.2. The fraction of sp³-hybridized carbons (Fsp3) is 0.407. The molecule has 16 heteroatoms. The van der Waals surface area contributed by atoms with Gasteiger partial charge in [0.25, 0.3) is 0 Å². The van der Waals surface area contributed by atoms with Crippen LogP contribution >= 0.6 is 7.75 Å². The van der Waals surface area contributed by atoms with Gasteiger partial charge in [-0.05, 0) is 38.1 Å². The lowest BCUT2D eigenvalue weighted by Crippen LogP contribution is -2.37. The second-order valence-electron chi connectivity index (χ2n) is 9.65. The third-order valence-corrected chi connectivity index (χ3v) is 8.21. The lowest BCUT2D eigenvalue weighted by Gasteiger charge is -2.27. The number of aliphatic hydroxyl groups excluding tert-OH is 1. The van der Waals surface area contributed by atoms with E-state index in [0.717, 1.165) is 20.2 Å². The molecule has 230 valence electrons. The zero-order valence-corrected chi connectivity index (χ0v) is 24.7. The number of hydrogen-bond acceptors (Lipinski definition) is 13. The van der Waals surface area contributed by atoms with Crippen LogP contribution in [0, 0.1) is 18.8 Å². The molecule has 1 aromatic carbocycles. The third kappa shape index (κ3) is 7.88. The maximum atomic E-state index is 12.6. The molecule has 5 N–H and O–H groups in total. The van der Waals surface area contributed by atoms with E-state index >= 15 is 0 Å². The van der Waals surface area contributed by atoms with Crippen LogP contribution in [-0.2, 0) is 29.8 Å². The Kier molecular flexibility index (Phi) is 10.4. The first-order chi connectivity index (χ1) is 20.5. The molecule has 3 unspecified atom stereocenters. The number of aliphatic hydroxyl groups is 1. The van der Waals surface area contributed by atoms with E-state index in [9.17, 15) is 24.2 Å². The minimum Gasteiger partial charge on any atom is -0.761 e. The molecule has 3 aromatic rings. The van der Waals surface area contributed by atoms with Gasteiger partial charge in [-0.25, -0.2) is 9.78 Å². The Labute approximate surface area is 247 Å². The first kappa shape index (κ1) is 31.9. The van der Waals surface area contributed by atoms with E-state index in [1.807, 2.05) is 31.3 Å². The maximum absolute atomic E-state index is 12.6. The Bertz CT molecular complexity index is 1600. The van der Waals surface area contributed by atoms with Crippen molar-refractivity contribution < 1.29 is 33.4 Å². The number of aryl methyl sites for hydroxylation is 1. The van der Waals surface area contributed by atoms with Crippen molar-refractivity contribution in [3.05, 3.63) is 70.3 Å². The van der Waals surface area contributed by atoms with Crippen LogP contribution in [0.1, 0.15) is 29.6 Å². The third-order valence-electron chi connectivity index (χ3n) is 6.79. The minimum atomic E-state index is -4.53. The number of nitrogens with one attached hydrogen (secondary N) is 2. The molecule has 0 saturated carbocycles. The Morgan fingerprint density at radius 1 is 1.35 bits per heavy atom. The number of carbonyl (C=O) groups is 1. The van der Waals surface area contributed by atoms with Gasteiger partial charge in [-0.3, -0.25) is 18.3 Å². The Morgan fingerprint density at radius 3 is 2.74 bits per heavy atom. The molecule has 0 radical (unpaired) electrons. The first-order valence-electron chi connectivity index (χ1n) is 13.3. The highest BCUT2D eigenvalue weighted by molar-refractivity contribution is 7.49. The van der Waals surface area contributed by atoms with E-state index < -0.39 is 50.5 Å². The molecule has 0 spiro atoms. The van der Waals surface area contributed by atoms with E-state index in [4.69, 9.17) is 19.7 Å². The number of nitrogens with zero attached hydrogens (tertiary/aromatic N) is 4. The van der Waals surface area contributed by atoms with Crippen LogP contribution in [0.15, 0.2) is 47.7 Å². The quantitative estimate of drug-likeness (QED) is 0.125. The maximum Gasteiger partial charge on any atom is 0.351 e. The summed E-state index contributed by atoms with van der Waals surface area (Å²) in [6.07, 6.45) is 1.09. The van der Waals surface area contributed by atoms with Crippen molar-refractivity contribution in [1.82, 2.24) is 24.2 Å². The van der Waals surface area contributed by atoms with E-state index in [1.54, 1.807) is 7.05 Å². The monoisotopic (exact) mass is 614 g/mol. The highest BCUT2D eigenvalue weighted by Gasteiger charge is 2.37. The summed E-state index contributed by atoms with van der Waals surface area (Å²) in [6, 6.07) is 7.08. The summed E-state index contributed by atoms with van der Waals surface area (Å²) in [7, 11) is -1.04. The average molecular weight is 615 g/mol. The molecule has 0 aliphatic carbocycles. The van der Waals surface area contributed by atoms with Crippen LogP contribution < -0.4 is 27.0 Å². The number of rotatable bonds is 11. The summed E-state index contributed by atoms with van der Waals surface area (Å²) in [5.41, 5.74) is 7.21. The summed E-state index contributed by atoms with van der Waals surface area (Å²) >= 11 is 0. The van der Waals surface area contributed by atoms with E-state index in [0.29, 0.717) is 6.42 Å². The largest absolute Gasteiger partial charge is 0.761 e. The molecule has 15 nitrogen and oxygen atoms in total. The molecular formula is C27H33N7O8P-. The SMILES string of the molecule is CNc1ccc(CC(NC)C(=O)OCC#Cc2cn([C@H]3CC(O)[C@@H](COP(=O)([O-])n4ccnc4C)O3)c(=O)nc2N)cc1. The van der Waals surface area contributed by atoms with Gasteiger partial charge < -0.3 is 40.4 Å². The number of nitrogens with two attached hydrogens (primary N) is 1. The number of aromatic nitrogens is 4. The number of ether oxygens (including phenoxy) is 2. The number of imidazole rings is 1. The van der Waals surface area contributed by atoms with E-state index in [1.165, 1.54) is 25.5 Å². The van der Waals surface area contributed by atoms with Gasteiger partial charge in [-0.2, -0.15) is 4.98 Å². The normalized spacial score (nSPS) is 20.1. The lowest BCUT2D eigenvalue weighted by atomic mass is 10.1. The van der Waals surface area contributed by atoms with Gasteiger partial charge in [0.1, 0.15) is 30.0 Å². The Hall–Kier alpha value is -4.03. The second-order valence-corrected chi connectivity index (χ2v) is 11.3. The number of anilines is 2.